The van der Waals surface area contributed by atoms with Gasteiger partial charge in [-0.3, -0.25) is 14.3 Å². The zero-order chi connectivity index (χ0) is 17.7. The lowest BCUT2D eigenvalue weighted by Crippen LogP contribution is -2.47. The molecule has 134 valence electrons. The summed E-state index contributed by atoms with van der Waals surface area (Å²) in [5.41, 5.74) is 7.42. The van der Waals surface area contributed by atoms with Gasteiger partial charge in [0.1, 0.15) is 0 Å². The molecule has 0 bridgehead atoms. The van der Waals surface area contributed by atoms with Crippen LogP contribution in [0.5, 0.6) is 0 Å². The van der Waals surface area contributed by atoms with Crippen molar-refractivity contribution in [1.29, 1.82) is 0 Å². The Morgan fingerprint density at radius 3 is 2.79 bits per heavy atom. The number of nitrogens with zero attached hydrogens (tertiary/aromatic N) is 3. The van der Waals surface area contributed by atoms with Gasteiger partial charge in [-0.25, -0.2) is 0 Å². The third-order valence-corrected chi connectivity index (χ3v) is 4.76. The summed E-state index contributed by atoms with van der Waals surface area (Å²) >= 11 is 0. The molecular formula is C17H28N4O3. The maximum Gasteiger partial charge on any atom is 0.222 e. The number of methoxy groups -OCH3 is 1. The zero-order valence-corrected chi connectivity index (χ0v) is 14.8. The average Bonchev–Trinajstić information content (AvgIpc) is 2.92. The van der Waals surface area contributed by atoms with E-state index in [0.717, 1.165) is 24.2 Å². The summed E-state index contributed by atoms with van der Waals surface area (Å²) in [7, 11) is 1.64. The Kier molecular flexibility index (Phi) is 6.36. The Morgan fingerprint density at radius 1 is 1.46 bits per heavy atom. The topological polar surface area (TPSA) is 90.5 Å². The molecule has 0 saturated carbocycles. The van der Waals surface area contributed by atoms with Crippen LogP contribution in [0.4, 0.5) is 0 Å². The molecule has 2 N–H and O–H groups in total. The van der Waals surface area contributed by atoms with Crippen molar-refractivity contribution >= 4 is 11.8 Å². The summed E-state index contributed by atoms with van der Waals surface area (Å²) in [6.07, 6.45) is 4.14. The van der Waals surface area contributed by atoms with Crippen LogP contribution in [0.3, 0.4) is 0 Å². The lowest BCUT2D eigenvalue weighted by Gasteiger charge is -2.37. The van der Waals surface area contributed by atoms with Crippen molar-refractivity contribution in [3.05, 3.63) is 17.5 Å². The summed E-state index contributed by atoms with van der Waals surface area (Å²) in [6, 6.07) is 0. The first-order chi connectivity index (χ1) is 11.4. The maximum atomic E-state index is 12.5. The second-order valence-corrected chi connectivity index (χ2v) is 6.43. The monoisotopic (exact) mass is 336 g/mol. The number of ether oxygens (including phenoxy) is 1. The minimum absolute atomic E-state index is 0.00780. The van der Waals surface area contributed by atoms with E-state index in [-0.39, 0.29) is 30.3 Å². The molecule has 1 aliphatic heterocycles. The summed E-state index contributed by atoms with van der Waals surface area (Å²) in [5.74, 6) is -0.253. The van der Waals surface area contributed by atoms with E-state index in [0.29, 0.717) is 25.9 Å². The second-order valence-electron chi connectivity index (χ2n) is 6.43. The van der Waals surface area contributed by atoms with E-state index >= 15 is 0 Å². The van der Waals surface area contributed by atoms with Crippen molar-refractivity contribution in [3.8, 4) is 0 Å². The fraction of sp³-hybridized carbons (Fsp3) is 0.706. The molecular weight excluding hydrogens is 308 g/mol. The molecule has 1 saturated heterocycles. The Morgan fingerprint density at radius 2 is 2.21 bits per heavy atom. The number of hydrogen-bond donors (Lipinski definition) is 1. The number of carbonyl (C=O) groups excluding carboxylic acids is 2. The number of likely N-dealkylation sites (tertiary alicyclic amines) is 1. The molecule has 2 amide bonds. The number of piperidine rings is 1. The molecule has 2 rings (SSSR count). The van der Waals surface area contributed by atoms with Gasteiger partial charge in [-0.05, 0) is 32.3 Å². The van der Waals surface area contributed by atoms with Crippen LogP contribution < -0.4 is 5.73 Å². The molecule has 7 heteroatoms. The highest BCUT2D eigenvalue weighted by atomic mass is 16.5. The number of rotatable bonds is 7. The van der Waals surface area contributed by atoms with Crippen LogP contribution in [-0.2, 0) is 27.3 Å². The number of amides is 2. The first kappa shape index (κ1) is 18.4. The summed E-state index contributed by atoms with van der Waals surface area (Å²) < 4.78 is 7.33. The molecule has 1 aliphatic rings. The van der Waals surface area contributed by atoms with Crippen molar-refractivity contribution in [2.24, 2.45) is 11.7 Å². The van der Waals surface area contributed by atoms with Crippen molar-refractivity contribution in [2.75, 3.05) is 20.2 Å². The van der Waals surface area contributed by atoms with Crippen LogP contribution in [0.15, 0.2) is 6.20 Å². The van der Waals surface area contributed by atoms with Gasteiger partial charge in [0, 0.05) is 51.7 Å². The molecule has 24 heavy (non-hydrogen) atoms. The summed E-state index contributed by atoms with van der Waals surface area (Å²) in [5, 5.41) is 4.41. The number of aryl methyl sites for hydroxylation is 3. The molecule has 7 nitrogen and oxygen atoms in total. The van der Waals surface area contributed by atoms with Crippen LogP contribution in [0.25, 0.3) is 0 Å². The Bertz CT molecular complexity index is 584. The van der Waals surface area contributed by atoms with Crippen LogP contribution in [0.1, 0.15) is 37.4 Å². The number of nitrogens with two attached hydrogens (primary N) is 1. The molecule has 0 aliphatic carbocycles. The first-order valence-corrected chi connectivity index (χ1v) is 8.56. The smallest absolute Gasteiger partial charge is 0.222 e. The molecule has 1 aromatic heterocycles. The van der Waals surface area contributed by atoms with Gasteiger partial charge in [-0.15, -0.1) is 0 Å². The minimum Gasteiger partial charge on any atom is -0.381 e. The van der Waals surface area contributed by atoms with E-state index in [1.807, 2.05) is 29.6 Å². The predicted molar refractivity (Wildman–Crippen MR) is 90.3 cm³/mol. The van der Waals surface area contributed by atoms with Gasteiger partial charge in [0.25, 0.3) is 0 Å². The minimum atomic E-state index is -0.348. The quantitative estimate of drug-likeness (QED) is 0.800. The highest BCUT2D eigenvalue weighted by Gasteiger charge is 2.32. The van der Waals surface area contributed by atoms with E-state index < -0.39 is 0 Å². The van der Waals surface area contributed by atoms with Gasteiger partial charge < -0.3 is 15.4 Å². The van der Waals surface area contributed by atoms with E-state index in [1.165, 1.54) is 0 Å². The van der Waals surface area contributed by atoms with E-state index in [4.69, 9.17) is 10.5 Å². The van der Waals surface area contributed by atoms with Crippen molar-refractivity contribution < 1.29 is 14.3 Å². The summed E-state index contributed by atoms with van der Waals surface area (Å²) in [6.45, 7) is 6.04. The van der Waals surface area contributed by atoms with Gasteiger partial charge in [-0.2, -0.15) is 5.10 Å². The molecule has 0 unspecified atom stereocenters. The van der Waals surface area contributed by atoms with Crippen molar-refractivity contribution in [1.82, 2.24) is 14.7 Å². The van der Waals surface area contributed by atoms with Gasteiger partial charge in [0.2, 0.25) is 11.8 Å². The van der Waals surface area contributed by atoms with Crippen LogP contribution in [0, 0.1) is 12.8 Å². The molecule has 2 heterocycles. The van der Waals surface area contributed by atoms with Gasteiger partial charge >= 0.3 is 0 Å². The fourth-order valence-corrected chi connectivity index (χ4v) is 3.37. The van der Waals surface area contributed by atoms with E-state index in [9.17, 15) is 9.59 Å². The average molecular weight is 336 g/mol. The predicted octanol–water partition coefficient (Wildman–Crippen LogP) is 0.883. The normalized spacial score (nSPS) is 21.0. The largest absolute Gasteiger partial charge is 0.381 e. The lowest BCUT2D eigenvalue weighted by atomic mass is 9.91. The molecule has 2 atom stereocenters. The number of primary amides is 1. The van der Waals surface area contributed by atoms with Crippen molar-refractivity contribution in [3.63, 3.8) is 0 Å². The Balaban J connectivity index is 1.91. The van der Waals surface area contributed by atoms with Crippen LogP contribution in [0.2, 0.25) is 0 Å². The number of aromatic nitrogens is 2. The third-order valence-electron chi connectivity index (χ3n) is 4.76. The summed E-state index contributed by atoms with van der Waals surface area (Å²) in [4.78, 5) is 25.6. The van der Waals surface area contributed by atoms with E-state index in [2.05, 4.69) is 5.10 Å². The molecule has 0 spiro atoms. The lowest BCUT2D eigenvalue weighted by molar-refractivity contribution is -0.137. The third kappa shape index (κ3) is 4.56. The van der Waals surface area contributed by atoms with E-state index in [1.54, 1.807) is 7.11 Å². The van der Waals surface area contributed by atoms with Crippen LogP contribution in [-0.4, -0.2) is 52.8 Å². The zero-order valence-electron chi connectivity index (χ0n) is 14.8. The number of hydrogen-bond acceptors (Lipinski definition) is 4. The standard InChI is InChI=1S/C17H28N4O3/c1-4-21-11-13(12(2)19-21)5-6-17(23)20-8-7-15(24-3)14(10-20)9-16(18)22/h11,14-15H,4-10H2,1-3H3,(H2,18,22)/t14-,15-/m1/s1. The van der Waals surface area contributed by atoms with Gasteiger partial charge in [-0.1, -0.05) is 0 Å². The van der Waals surface area contributed by atoms with Crippen LogP contribution >= 0.6 is 0 Å². The molecule has 1 fully saturated rings. The number of carbonyl (C=O) groups is 2. The second kappa shape index (κ2) is 8.28. The fourth-order valence-electron chi connectivity index (χ4n) is 3.37. The molecule has 1 aromatic rings. The SMILES string of the molecule is CCn1cc(CCC(=O)N2CC[C@@H](OC)[C@H](CC(N)=O)C2)c(C)n1. The highest BCUT2D eigenvalue weighted by Crippen LogP contribution is 2.23. The Hall–Kier alpha value is -1.89. The molecule has 0 aromatic carbocycles. The maximum absolute atomic E-state index is 12.5. The Labute approximate surface area is 143 Å². The van der Waals surface area contributed by atoms with Crippen molar-refractivity contribution in [2.45, 2.75) is 52.2 Å². The first-order valence-electron chi connectivity index (χ1n) is 8.56. The highest BCUT2D eigenvalue weighted by molar-refractivity contribution is 5.77. The van der Waals surface area contributed by atoms with Gasteiger partial charge in [0.15, 0.2) is 0 Å². The molecule has 0 radical (unpaired) electrons. The van der Waals surface area contributed by atoms with Gasteiger partial charge in [0.05, 0.1) is 11.8 Å².